The molecule has 2 rings (SSSR count). The lowest BCUT2D eigenvalue weighted by atomic mass is 10.2. The third-order valence-corrected chi connectivity index (χ3v) is 3.59. The van der Waals surface area contributed by atoms with Gasteiger partial charge in [0.05, 0.1) is 23.3 Å². The summed E-state index contributed by atoms with van der Waals surface area (Å²) in [5, 5.41) is 5.97. The summed E-state index contributed by atoms with van der Waals surface area (Å²) in [7, 11) is 0. The van der Waals surface area contributed by atoms with Crippen LogP contribution >= 0.6 is 11.3 Å². The molecular weight excluding hydrogens is 260 g/mol. The molecule has 0 aromatic carbocycles. The summed E-state index contributed by atoms with van der Waals surface area (Å²) in [6, 6.07) is 3.52. The first kappa shape index (κ1) is 13.5. The lowest BCUT2D eigenvalue weighted by molar-refractivity contribution is 0.0952. The Hall–Kier alpha value is -1.95. The zero-order valence-corrected chi connectivity index (χ0v) is 11.8. The fraction of sp³-hybridized carbons (Fsp3) is 0.308. The number of aromatic nitrogens is 2. The summed E-state index contributed by atoms with van der Waals surface area (Å²) in [5.74, 6) is 0.486. The summed E-state index contributed by atoms with van der Waals surface area (Å²) in [5.41, 5.74) is 3.31. The first-order valence-corrected chi connectivity index (χ1v) is 6.96. The smallest absolute Gasteiger partial charge is 0.255 e. The number of amides is 1. The molecule has 0 aliphatic rings. The van der Waals surface area contributed by atoms with Crippen LogP contribution in [0.2, 0.25) is 0 Å². The normalized spacial score (nSPS) is 10.2. The van der Waals surface area contributed by atoms with Gasteiger partial charge in [-0.05, 0) is 26.0 Å². The summed E-state index contributed by atoms with van der Waals surface area (Å²) in [6.45, 7) is 5.13. The molecule has 0 radical (unpaired) electrons. The van der Waals surface area contributed by atoms with Crippen molar-refractivity contribution >= 4 is 23.1 Å². The number of carbonyl (C=O) groups excluding carboxylic acids is 1. The molecule has 0 atom stereocenters. The monoisotopic (exact) mass is 276 g/mol. The van der Waals surface area contributed by atoms with E-state index >= 15 is 0 Å². The predicted octanol–water partition coefficient (Wildman–Crippen LogP) is 2.21. The molecule has 0 spiro atoms. The number of nitrogens with zero attached hydrogens (tertiary/aromatic N) is 2. The van der Waals surface area contributed by atoms with Gasteiger partial charge in [-0.3, -0.25) is 4.79 Å². The number of anilines is 1. The summed E-state index contributed by atoms with van der Waals surface area (Å²) in [4.78, 5) is 21.5. The van der Waals surface area contributed by atoms with E-state index < -0.39 is 0 Å². The molecule has 2 N–H and O–H groups in total. The van der Waals surface area contributed by atoms with Crippen LogP contribution in [0, 0.1) is 6.92 Å². The van der Waals surface area contributed by atoms with Crippen LogP contribution in [0.5, 0.6) is 0 Å². The van der Waals surface area contributed by atoms with Crippen molar-refractivity contribution in [1.82, 2.24) is 15.3 Å². The Labute approximate surface area is 116 Å². The second-order valence-electron chi connectivity index (χ2n) is 3.97. The molecule has 2 heterocycles. The molecule has 0 aliphatic heterocycles. The van der Waals surface area contributed by atoms with Gasteiger partial charge in [-0.2, -0.15) is 0 Å². The molecule has 100 valence electrons. The molecule has 0 unspecified atom stereocenters. The van der Waals surface area contributed by atoms with E-state index in [9.17, 15) is 4.79 Å². The third-order valence-electron chi connectivity index (χ3n) is 2.65. The maximum atomic E-state index is 12.1. The summed E-state index contributed by atoms with van der Waals surface area (Å²) >= 11 is 1.54. The second kappa shape index (κ2) is 6.29. The molecule has 0 fully saturated rings. The van der Waals surface area contributed by atoms with E-state index in [1.54, 1.807) is 35.2 Å². The minimum absolute atomic E-state index is 0.128. The Morgan fingerprint density at radius 1 is 1.42 bits per heavy atom. The first-order valence-electron chi connectivity index (χ1n) is 6.08. The van der Waals surface area contributed by atoms with Crippen molar-refractivity contribution in [1.29, 1.82) is 0 Å². The van der Waals surface area contributed by atoms with Gasteiger partial charge in [-0.25, -0.2) is 9.97 Å². The average Bonchev–Trinajstić information content (AvgIpc) is 2.82. The van der Waals surface area contributed by atoms with Crippen molar-refractivity contribution in [3.8, 4) is 0 Å². The Balaban J connectivity index is 2.06. The molecule has 1 amide bonds. The van der Waals surface area contributed by atoms with Gasteiger partial charge in [0.15, 0.2) is 0 Å². The van der Waals surface area contributed by atoms with E-state index in [1.165, 1.54) is 0 Å². The fourth-order valence-corrected chi connectivity index (χ4v) is 2.37. The number of carbonyl (C=O) groups is 1. The molecule has 2 aromatic rings. The quantitative estimate of drug-likeness (QED) is 0.878. The van der Waals surface area contributed by atoms with Crippen LogP contribution in [-0.4, -0.2) is 22.4 Å². The molecule has 2 aromatic heterocycles. The van der Waals surface area contributed by atoms with Gasteiger partial charge in [-0.15, -0.1) is 11.3 Å². The lowest BCUT2D eigenvalue weighted by Crippen LogP contribution is -2.24. The van der Waals surface area contributed by atoms with E-state index in [0.717, 1.165) is 17.1 Å². The summed E-state index contributed by atoms with van der Waals surface area (Å²) < 4.78 is 0. The van der Waals surface area contributed by atoms with Crippen LogP contribution in [0.4, 0.5) is 5.82 Å². The molecule has 19 heavy (non-hydrogen) atoms. The maximum Gasteiger partial charge on any atom is 0.255 e. The molecule has 5 nitrogen and oxygen atoms in total. The Kier molecular flexibility index (Phi) is 4.46. The van der Waals surface area contributed by atoms with Gasteiger partial charge in [0.2, 0.25) is 0 Å². The highest BCUT2D eigenvalue weighted by atomic mass is 32.1. The highest BCUT2D eigenvalue weighted by Gasteiger charge is 2.12. The average molecular weight is 276 g/mol. The van der Waals surface area contributed by atoms with Crippen molar-refractivity contribution in [2.45, 2.75) is 20.4 Å². The highest BCUT2D eigenvalue weighted by Crippen LogP contribution is 2.14. The Morgan fingerprint density at radius 3 is 2.95 bits per heavy atom. The van der Waals surface area contributed by atoms with Crippen LogP contribution < -0.4 is 10.6 Å². The van der Waals surface area contributed by atoms with E-state index in [4.69, 9.17) is 0 Å². The van der Waals surface area contributed by atoms with E-state index in [2.05, 4.69) is 20.6 Å². The van der Waals surface area contributed by atoms with Gasteiger partial charge < -0.3 is 10.6 Å². The van der Waals surface area contributed by atoms with Crippen LogP contribution in [-0.2, 0) is 6.54 Å². The summed E-state index contributed by atoms with van der Waals surface area (Å²) in [6.07, 6.45) is 1.67. The molecular formula is C13H16N4OS. The van der Waals surface area contributed by atoms with Gasteiger partial charge >= 0.3 is 0 Å². The van der Waals surface area contributed by atoms with Crippen molar-refractivity contribution in [2.75, 3.05) is 11.9 Å². The third kappa shape index (κ3) is 3.29. The number of aryl methyl sites for hydroxylation is 1. The number of hydrogen-bond acceptors (Lipinski definition) is 5. The lowest BCUT2D eigenvalue weighted by Gasteiger charge is -2.09. The van der Waals surface area contributed by atoms with E-state index in [0.29, 0.717) is 17.9 Å². The second-order valence-corrected chi connectivity index (χ2v) is 4.91. The zero-order valence-electron chi connectivity index (χ0n) is 10.9. The number of pyridine rings is 1. The Morgan fingerprint density at radius 2 is 2.26 bits per heavy atom. The first-order chi connectivity index (χ1) is 9.22. The Bertz CT molecular complexity index is 567. The standard InChI is InChI=1S/C13H16N4OS/c1-3-14-12-10(5-4-6-15-12)13(18)16-7-11-9(2)17-8-19-11/h4-6,8H,3,7H2,1-2H3,(H,14,15)(H,16,18). The van der Waals surface area contributed by atoms with Crippen molar-refractivity contribution in [3.05, 3.63) is 40.0 Å². The fourth-order valence-electron chi connectivity index (χ4n) is 1.65. The van der Waals surface area contributed by atoms with Crippen LogP contribution in [0.25, 0.3) is 0 Å². The van der Waals surface area contributed by atoms with Crippen molar-refractivity contribution in [2.24, 2.45) is 0 Å². The molecule has 0 bridgehead atoms. The minimum Gasteiger partial charge on any atom is -0.370 e. The predicted molar refractivity (Wildman–Crippen MR) is 76.4 cm³/mol. The number of nitrogens with one attached hydrogen (secondary N) is 2. The minimum atomic E-state index is -0.128. The molecule has 6 heteroatoms. The number of thiazole rings is 1. The topological polar surface area (TPSA) is 66.9 Å². The maximum absolute atomic E-state index is 12.1. The largest absolute Gasteiger partial charge is 0.370 e. The van der Waals surface area contributed by atoms with Crippen LogP contribution in [0.3, 0.4) is 0 Å². The highest BCUT2D eigenvalue weighted by molar-refractivity contribution is 7.09. The van der Waals surface area contributed by atoms with E-state index in [1.807, 2.05) is 13.8 Å². The number of hydrogen-bond donors (Lipinski definition) is 2. The van der Waals surface area contributed by atoms with Crippen LogP contribution in [0.1, 0.15) is 27.9 Å². The van der Waals surface area contributed by atoms with Gasteiger partial charge in [0, 0.05) is 17.6 Å². The molecule has 0 aliphatic carbocycles. The molecule has 0 saturated heterocycles. The van der Waals surface area contributed by atoms with Crippen LogP contribution in [0.15, 0.2) is 23.8 Å². The van der Waals surface area contributed by atoms with Crippen molar-refractivity contribution in [3.63, 3.8) is 0 Å². The van der Waals surface area contributed by atoms with Crippen molar-refractivity contribution < 1.29 is 4.79 Å². The SMILES string of the molecule is CCNc1ncccc1C(=O)NCc1scnc1C. The van der Waals surface area contributed by atoms with Gasteiger partial charge in [0.1, 0.15) is 5.82 Å². The van der Waals surface area contributed by atoms with Gasteiger partial charge in [-0.1, -0.05) is 0 Å². The van der Waals surface area contributed by atoms with E-state index in [-0.39, 0.29) is 5.91 Å². The van der Waals surface area contributed by atoms with Gasteiger partial charge in [0.25, 0.3) is 5.91 Å². The zero-order chi connectivity index (χ0) is 13.7. The molecule has 0 saturated carbocycles. The number of rotatable bonds is 5.